The van der Waals surface area contributed by atoms with E-state index < -0.39 is 5.82 Å². The van der Waals surface area contributed by atoms with Crippen LogP contribution in [0.5, 0.6) is 5.75 Å². The molecule has 188 valence electrons. The van der Waals surface area contributed by atoms with Gasteiger partial charge >= 0.3 is 0 Å². The summed E-state index contributed by atoms with van der Waals surface area (Å²) in [6.07, 6.45) is 3.00. The van der Waals surface area contributed by atoms with E-state index in [4.69, 9.17) is 21.1 Å². The van der Waals surface area contributed by atoms with Crippen LogP contribution in [0.15, 0.2) is 54.2 Å². The summed E-state index contributed by atoms with van der Waals surface area (Å²) < 4.78 is 35.7. The summed E-state index contributed by atoms with van der Waals surface area (Å²) in [4.78, 5) is 21.4. The summed E-state index contributed by atoms with van der Waals surface area (Å²) in [7, 11) is 1.81. The van der Waals surface area contributed by atoms with E-state index in [1.165, 1.54) is 24.3 Å². The molecule has 0 aliphatic heterocycles. The van der Waals surface area contributed by atoms with Crippen LogP contribution in [-0.2, 0) is 20.7 Å². The van der Waals surface area contributed by atoms with Crippen molar-refractivity contribution in [2.24, 2.45) is 0 Å². The van der Waals surface area contributed by atoms with E-state index in [0.717, 1.165) is 17.2 Å². The average molecular weight is 499 g/mol. The van der Waals surface area contributed by atoms with Crippen molar-refractivity contribution in [1.29, 1.82) is 0 Å². The van der Waals surface area contributed by atoms with Gasteiger partial charge in [0, 0.05) is 19.7 Å². The molecule has 2 N–H and O–H groups in total. The maximum Gasteiger partial charge on any atom is 0.246 e. The van der Waals surface area contributed by atoms with E-state index in [9.17, 15) is 18.4 Å². The largest absolute Gasteiger partial charge is 0.486 e. The molecule has 0 aromatic heterocycles. The number of carbonyl (C=O) groups is 2. The molecule has 0 saturated carbocycles. The average Bonchev–Trinajstić information content (AvgIpc) is 2.83. The van der Waals surface area contributed by atoms with Crippen LogP contribution in [-0.4, -0.2) is 45.6 Å². The van der Waals surface area contributed by atoms with Crippen LogP contribution < -0.4 is 15.4 Å². The predicted molar refractivity (Wildman–Crippen MR) is 131 cm³/mol. The first kappa shape index (κ1) is 31.0. The Balaban J connectivity index is 0.000000662. The van der Waals surface area contributed by atoms with Gasteiger partial charge in [-0.25, -0.2) is 8.78 Å². The number of hydrogen-bond acceptors (Lipinski definition) is 5. The maximum atomic E-state index is 12.9. The van der Waals surface area contributed by atoms with E-state index in [1.54, 1.807) is 13.1 Å². The third-order valence-corrected chi connectivity index (χ3v) is 4.13. The Morgan fingerprint density at radius 3 is 2.50 bits per heavy atom. The number of amides is 1. The Labute approximate surface area is 205 Å². The van der Waals surface area contributed by atoms with Gasteiger partial charge in [0.2, 0.25) is 5.91 Å². The Morgan fingerprint density at radius 2 is 1.88 bits per heavy atom. The van der Waals surface area contributed by atoms with Crippen LogP contribution in [0.1, 0.15) is 26.3 Å². The lowest BCUT2D eigenvalue weighted by Gasteiger charge is -2.07. The number of carbonyl (C=O) groups excluding carboxylic acids is 2. The van der Waals surface area contributed by atoms with Crippen molar-refractivity contribution in [2.75, 3.05) is 33.4 Å². The van der Waals surface area contributed by atoms with Crippen molar-refractivity contribution < 1.29 is 27.8 Å². The molecule has 2 rings (SSSR count). The van der Waals surface area contributed by atoms with Gasteiger partial charge in [-0.05, 0) is 54.9 Å². The molecule has 6 nitrogen and oxygen atoms in total. The summed E-state index contributed by atoms with van der Waals surface area (Å²) in [6.45, 7) is 6.74. The third-order valence-electron chi connectivity index (χ3n) is 3.82. The van der Waals surface area contributed by atoms with Gasteiger partial charge in [-0.15, -0.1) is 0 Å². The maximum absolute atomic E-state index is 12.9. The number of nitrogens with one attached hydrogen (secondary N) is 2. The van der Waals surface area contributed by atoms with Gasteiger partial charge in [-0.2, -0.15) is 0 Å². The highest BCUT2D eigenvalue weighted by Crippen LogP contribution is 2.19. The standard InChI is InChI=1S/C15H21FN2O2.C8H6ClFO2.C2H6/c1-12(9-17-2)10-18-15(19)11-20-7-6-13-4-3-5-14(16)8-13;9-7-2-1-6(5-8(7)10)12-4-3-11;1-2/h3-5,8-9,17H,6-7,10-11H2,1-2H3,(H,18,19);1-3,5H,4H2;1-2H3/b12-9+;;. The zero-order valence-corrected chi connectivity index (χ0v) is 20.8. The number of benzene rings is 2. The first-order valence-corrected chi connectivity index (χ1v) is 11.2. The van der Waals surface area contributed by atoms with E-state index in [1.807, 2.05) is 33.0 Å². The SMILES string of the molecule is CC.CN/C=C(\C)CNC(=O)COCCc1cccc(F)c1.O=CCOc1ccc(Cl)c(F)c1. The molecule has 0 aliphatic carbocycles. The molecule has 0 radical (unpaired) electrons. The fraction of sp³-hybridized carbons (Fsp3) is 0.360. The lowest BCUT2D eigenvalue weighted by atomic mass is 10.2. The fourth-order valence-corrected chi connectivity index (χ4v) is 2.45. The van der Waals surface area contributed by atoms with Gasteiger partial charge in [0.25, 0.3) is 0 Å². The minimum Gasteiger partial charge on any atom is -0.486 e. The Bertz CT molecular complexity index is 895. The van der Waals surface area contributed by atoms with Crippen LogP contribution in [0.2, 0.25) is 5.02 Å². The van der Waals surface area contributed by atoms with Crippen molar-refractivity contribution in [2.45, 2.75) is 27.2 Å². The van der Waals surface area contributed by atoms with Crippen molar-refractivity contribution in [1.82, 2.24) is 10.6 Å². The molecule has 0 bridgehead atoms. The number of aldehydes is 1. The second kappa shape index (κ2) is 19.5. The van der Waals surface area contributed by atoms with Crippen LogP contribution >= 0.6 is 11.6 Å². The van der Waals surface area contributed by atoms with Crippen molar-refractivity contribution >= 4 is 23.8 Å². The van der Waals surface area contributed by atoms with E-state index in [0.29, 0.717) is 31.6 Å². The number of ether oxygens (including phenoxy) is 2. The lowest BCUT2D eigenvalue weighted by molar-refractivity contribution is -0.125. The fourth-order valence-electron chi connectivity index (χ4n) is 2.33. The molecule has 0 fully saturated rings. The second-order valence-corrected chi connectivity index (χ2v) is 6.95. The summed E-state index contributed by atoms with van der Waals surface area (Å²) in [5.74, 6) is -0.677. The Morgan fingerprint density at radius 1 is 1.15 bits per heavy atom. The lowest BCUT2D eigenvalue weighted by Crippen LogP contribution is -2.29. The Kier molecular flexibility index (Phi) is 17.8. The molecule has 2 aromatic rings. The van der Waals surface area contributed by atoms with Crippen molar-refractivity contribution in [3.05, 3.63) is 76.5 Å². The van der Waals surface area contributed by atoms with Crippen molar-refractivity contribution in [3.63, 3.8) is 0 Å². The van der Waals surface area contributed by atoms with Crippen LogP contribution in [0.25, 0.3) is 0 Å². The molecule has 0 spiro atoms. The molecule has 0 aliphatic rings. The second-order valence-electron chi connectivity index (χ2n) is 6.54. The molecule has 2 aromatic carbocycles. The molecule has 0 unspecified atom stereocenters. The number of rotatable bonds is 11. The molecule has 1 amide bonds. The number of hydrogen-bond donors (Lipinski definition) is 2. The normalized spacial score (nSPS) is 10.1. The first-order valence-electron chi connectivity index (χ1n) is 10.8. The topological polar surface area (TPSA) is 76.7 Å². The van der Waals surface area contributed by atoms with Crippen LogP contribution in [0.3, 0.4) is 0 Å². The van der Waals surface area contributed by atoms with Crippen LogP contribution in [0, 0.1) is 11.6 Å². The van der Waals surface area contributed by atoms with Gasteiger partial charge in [0.1, 0.15) is 30.6 Å². The molecular weight excluding hydrogens is 466 g/mol. The van der Waals surface area contributed by atoms with Gasteiger partial charge in [-0.1, -0.05) is 37.6 Å². The smallest absolute Gasteiger partial charge is 0.246 e. The van der Waals surface area contributed by atoms with Gasteiger partial charge in [0.15, 0.2) is 6.29 Å². The van der Waals surface area contributed by atoms with Gasteiger partial charge < -0.3 is 20.1 Å². The minimum atomic E-state index is -0.555. The highest BCUT2D eigenvalue weighted by Gasteiger charge is 2.02. The van der Waals surface area contributed by atoms with E-state index >= 15 is 0 Å². The molecule has 0 saturated heterocycles. The quantitative estimate of drug-likeness (QED) is 0.347. The summed E-state index contributed by atoms with van der Waals surface area (Å²) in [6, 6.07) is 10.4. The minimum absolute atomic E-state index is 0.0160. The molecule has 9 heteroatoms. The van der Waals surface area contributed by atoms with Crippen LogP contribution in [0.4, 0.5) is 8.78 Å². The predicted octanol–water partition coefficient (Wildman–Crippen LogP) is 4.71. The monoisotopic (exact) mass is 498 g/mol. The highest BCUT2D eigenvalue weighted by atomic mass is 35.5. The summed E-state index contributed by atoms with van der Waals surface area (Å²) in [5, 5.41) is 5.67. The van der Waals surface area contributed by atoms with Crippen molar-refractivity contribution in [3.8, 4) is 5.75 Å². The first-order chi connectivity index (χ1) is 16.3. The van der Waals surface area contributed by atoms with Gasteiger partial charge in [-0.3, -0.25) is 9.59 Å². The third kappa shape index (κ3) is 15.0. The van der Waals surface area contributed by atoms with Gasteiger partial charge in [0.05, 0.1) is 11.6 Å². The highest BCUT2D eigenvalue weighted by molar-refractivity contribution is 6.30. The molecule has 34 heavy (non-hydrogen) atoms. The Hall–Kier alpha value is -2.97. The molecule has 0 atom stereocenters. The van der Waals surface area contributed by atoms with E-state index in [2.05, 4.69) is 10.6 Å². The van der Waals surface area contributed by atoms with E-state index in [-0.39, 0.29) is 30.0 Å². The molecule has 0 heterocycles. The zero-order valence-electron chi connectivity index (χ0n) is 20.0. The molecular formula is C25H33ClF2N2O4. The zero-order chi connectivity index (χ0) is 25.8. The summed E-state index contributed by atoms with van der Waals surface area (Å²) in [5.41, 5.74) is 1.89. The summed E-state index contributed by atoms with van der Waals surface area (Å²) >= 11 is 5.41. The number of halogens is 3.